The summed E-state index contributed by atoms with van der Waals surface area (Å²) in [6.07, 6.45) is 1.60. The third-order valence-corrected chi connectivity index (χ3v) is 3.75. The molecule has 1 atom stereocenters. The minimum Gasteiger partial charge on any atom is -0.408 e. The molecule has 2 heterocycles. The van der Waals surface area contributed by atoms with Crippen LogP contribution in [0, 0.1) is 0 Å². The van der Waals surface area contributed by atoms with Crippen molar-refractivity contribution >= 4 is 17.4 Å². The molecule has 98 valence electrons. The number of anilines is 1. The van der Waals surface area contributed by atoms with Gasteiger partial charge in [0.2, 0.25) is 5.89 Å². The van der Waals surface area contributed by atoms with Crippen LogP contribution in [0.2, 0.25) is 0 Å². The van der Waals surface area contributed by atoms with Gasteiger partial charge in [0.15, 0.2) is 0 Å². The SMILES string of the molecule is CC(Cc1cccs1)N(C)c1nnc(CCN)o1. The van der Waals surface area contributed by atoms with Crippen LogP contribution in [-0.4, -0.2) is 29.8 Å². The van der Waals surface area contributed by atoms with Crippen LogP contribution in [-0.2, 0) is 12.8 Å². The van der Waals surface area contributed by atoms with E-state index in [2.05, 4.69) is 34.6 Å². The summed E-state index contributed by atoms with van der Waals surface area (Å²) in [5.41, 5.74) is 5.46. The molecule has 0 radical (unpaired) electrons. The largest absolute Gasteiger partial charge is 0.408 e. The minimum atomic E-state index is 0.315. The fraction of sp³-hybridized carbons (Fsp3) is 0.500. The number of nitrogens with zero attached hydrogens (tertiary/aromatic N) is 3. The summed E-state index contributed by atoms with van der Waals surface area (Å²) in [6.45, 7) is 2.67. The van der Waals surface area contributed by atoms with Gasteiger partial charge < -0.3 is 15.1 Å². The van der Waals surface area contributed by atoms with Gasteiger partial charge in [0.1, 0.15) is 0 Å². The summed E-state index contributed by atoms with van der Waals surface area (Å²) in [7, 11) is 1.97. The van der Waals surface area contributed by atoms with E-state index in [9.17, 15) is 0 Å². The lowest BCUT2D eigenvalue weighted by atomic mass is 10.2. The molecule has 0 aliphatic heterocycles. The first-order valence-corrected chi connectivity index (χ1v) is 6.86. The third-order valence-electron chi connectivity index (χ3n) is 2.85. The second kappa shape index (κ2) is 5.97. The maximum Gasteiger partial charge on any atom is 0.318 e. The lowest BCUT2D eigenvalue weighted by Crippen LogP contribution is -2.30. The lowest BCUT2D eigenvalue weighted by Gasteiger charge is -2.21. The van der Waals surface area contributed by atoms with E-state index in [1.165, 1.54) is 4.88 Å². The third kappa shape index (κ3) is 3.08. The monoisotopic (exact) mass is 266 g/mol. The summed E-state index contributed by atoms with van der Waals surface area (Å²) in [6, 6.07) is 5.08. The molecular weight excluding hydrogens is 248 g/mol. The van der Waals surface area contributed by atoms with Crippen molar-refractivity contribution in [3.05, 3.63) is 28.3 Å². The van der Waals surface area contributed by atoms with Gasteiger partial charge >= 0.3 is 6.01 Å². The summed E-state index contributed by atoms with van der Waals surface area (Å²) in [5.74, 6) is 0.600. The fourth-order valence-electron chi connectivity index (χ4n) is 1.66. The lowest BCUT2D eigenvalue weighted by molar-refractivity contribution is 0.477. The Labute approximate surface area is 111 Å². The van der Waals surface area contributed by atoms with Crippen LogP contribution in [0.1, 0.15) is 17.7 Å². The molecule has 0 bridgehead atoms. The van der Waals surface area contributed by atoms with Gasteiger partial charge in [-0.2, -0.15) is 0 Å². The summed E-state index contributed by atoms with van der Waals surface area (Å²) >= 11 is 1.77. The minimum absolute atomic E-state index is 0.315. The van der Waals surface area contributed by atoms with Crippen LogP contribution in [0.15, 0.2) is 21.9 Å². The molecule has 18 heavy (non-hydrogen) atoms. The number of hydrogen-bond acceptors (Lipinski definition) is 6. The van der Waals surface area contributed by atoms with Gasteiger partial charge in [-0.25, -0.2) is 0 Å². The van der Waals surface area contributed by atoms with Gasteiger partial charge in [0.05, 0.1) is 0 Å². The highest BCUT2D eigenvalue weighted by molar-refractivity contribution is 7.09. The Bertz CT molecular complexity index is 468. The standard InChI is InChI=1S/C12H18N4OS/c1-9(8-10-4-3-7-18-10)16(2)12-15-14-11(17-12)5-6-13/h3-4,7,9H,5-6,8,13H2,1-2H3. The van der Waals surface area contributed by atoms with Crippen molar-refractivity contribution in [3.63, 3.8) is 0 Å². The highest BCUT2D eigenvalue weighted by Gasteiger charge is 2.16. The van der Waals surface area contributed by atoms with Crippen molar-refractivity contribution in [1.29, 1.82) is 0 Å². The zero-order chi connectivity index (χ0) is 13.0. The number of aromatic nitrogens is 2. The Morgan fingerprint density at radius 2 is 2.33 bits per heavy atom. The van der Waals surface area contributed by atoms with E-state index in [1.807, 2.05) is 11.9 Å². The highest BCUT2D eigenvalue weighted by atomic mass is 32.1. The van der Waals surface area contributed by atoms with Gasteiger partial charge in [-0.1, -0.05) is 11.2 Å². The van der Waals surface area contributed by atoms with Crippen molar-refractivity contribution in [3.8, 4) is 0 Å². The molecule has 0 fully saturated rings. The Morgan fingerprint density at radius 1 is 1.50 bits per heavy atom. The molecule has 2 N–H and O–H groups in total. The Kier molecular flexibility index (Phi) is 4.33. The van der Waals surface area contributed by atoms with Gasteiger partial charge in [0, 0.05) is 37.4 Å². The molecule has 2 aromatic rings. The quantitative estimate of drug-likeness (QED) is 0.862. The van der Waals surface area contributed by atoms with E-state index in [1.54, 1.807) is 11.3 Å². The van der Waals surface area contributed by atoms with Crippen LogP contribution in [0.3, 0.4) is 0 Å². The Morgan fingerprint density at radius 3 is 3.00 bits per heavy atom. The second-order valence-corrected chi connectivity index (χ2v) is 5.29. The molecule has 2 aromatic heterocycles. The molecule has 6 heteroatoms. The second-order valence-electron chi connectivity index (χ2n) is 4.26. The summed E-state index contributed by atoms with van der Waals surface area (Å²) in [5, 5.41) is 10.1. The van der Waals surface area contributed by atoms with Crippen molar-refractivity contribution in [2.75, 3.05) is 18.5 Å². The van der Waals surface area contributed by atoms with Crippen molar-refractivity contribution in [2.24, 2.45) is 5.73 Å². The molecule has 1 unspecified atom stereocenters. The molecule has 0 aliphatic rings. The van der Waals surface area contributed by atoms with E-state index < -0.39 is 0 Å². The molecule has 5 nitrogen and oxygen atoms in total. The predicted octanol–water partition coefficient (Wildman–Crippen LogP) is 1.70. The predicted molar refractivity (Wildman–Crippen MR) is 72.9 cm³/mol. The average molecular weight is 266 g/mol. The first-order chi connectivity index (χ1) is 8.70. The van der Waals surface area contributed by atoms with Crippen molar-refractivity contribution in [2.45, 2.75) is 25.8 Å². The molecule has 0 spiro atoms. The van der Waals surface area contributed by atoms with E-state index in [-0.39, 0.29) is 0 Å². The maximum absolute atomic E-state index is 5.55. The van der Waals surface area contributed by atoms with E-state index in [4.69, 9.17) is 10.2 Å². The Hall–Kier alpha value is -1.40. The van der Waals surface area contributed by atoms with Gasteiger partial charge in [-0.15, -0.1) is 16.4 Å². The first kappa shape index (κ1) is 13.0. The van der Waals surface area contributed by atoms with Gasteiger partial charge in [0.25, 0.3) is 0 Å². The topological polar surface area (TPSA) is 68.2 Å². The molecular formula is C12H18N4OS. The Balaban J connectivity index is 1.98. The average Bonchev–Trinajstić information content (AvgIpc) is 3.00. The maximum atomic E-state index is 5.55. The first-order valence-electron chi connectivity index (χ1n) is 5.98. The highest BCUT2D eigenvalue weighted by Crippen LogP contribution is 2.18. The van der Waals surface area contributed by atoms with Crippen LogP contribution in [0.5, 0.6) is 0 Å². The van der Waals surface area contributed by atoms with E-state index >= 15 is 0 Å². The van der Waals surface area contributed by atoms with Gasteiger partial charge in [-0.3, -0.25) is 0 Å². The van der Waals surface area contributed by atoms with Crippen molar-refractivity contribution in [1.82, 2.24) is 10.2 Å². The zero-order valence-electron chi connectivity index (χ0n) is 10.7. The molecule has 0 amide bonds. The zero-order valence-corrected chi connectivity index (χ0v) is 11.5. The summed E-state index contributed by atoms with van der Waals surface area (Å²) in [4.78, 5) is 3.36. The number of rotatable bonds is 6. The van der Waals surface area contributed by atoms with Gasteiger partial charge in [-0.05, 0) is 18.4 Å². The number of hydrogen-bond donors (Lipinski definition) is 1. The molecule has 0 saturated carbocycles. The fourth-order valence-corrected chi connectivity index (χ4v) is 2.48. The van der Waals surface area contributed by atoms with Crippen LogP contribution in [0.4, 0.5) is 6.01 Å². The molecule has 0 aliphatic carbocycles. The van der Waals surface area contributed by atoms with Crippen LogP contribution >= 0.6 is 11.3 Å². The normalized spacial score (nSPS) is 12.6. The van der Waals surface area contributed by atoms with Crippen LogP contribution < -0.4 is 10.6 Å². The molecule has 0 aromatic carbocycles. The van der Waals surface area contributed by atoms with Crippen molar-refractivity contribution < 1.29 is 4.42 Å². The number of thiophene rings is 1. The van der Waals surface area contributed by atoms with E-state index in [0.29, 0.717) is 30.9 Å². The van der Waals surface area contributed by atoms with E-state index in [0.717, 1.165) is 6.42 Å². The summed E-state index contributed by atoms with van der Waals surface area (Å²) < 4.78 is 5.55. The van der Waals surface area contributed by atoms with Crippen LogP contribution in [0.25, 0.3) is 0 Å². The number of likely N-dealkylation sites (N-methyl/N-ethyl adjacent to an activating group) is 1. The molecule has 0 saturated heterocycles. The smallest absolute Gasteiger partial charge is 0.318 e. The number of nitrogens with two attached hydrogens (primary N) is 1. The molecule has 2 rings (SSSR count).